The van der Waals surface area contributed by atoms with Crippen molar-refractivity contribution in [2.24, 2.45) is 0 Å². The van der Waals surface area contributed by atoms with Crippen LogP contribution in [-0.4, -0.2) is 32.4 Å². The van der Waals surface area contributed by atoms with Gasteiger partial charge in [0.15, 0.2) is 10.1 Å². The Hall–Kier alpha value is -2.81. The van der Waals surface area contributed by atoms with Crippen LogP contribution in [0.25, 0.3) is 4.91 Å². The second-order valence-electron chi connectivity index (χ2n) is 7.13. The molecule has 4 rings (SSSR count). The minimum atomic E-state index is -6.09. The Balaban J connectivity index is 0.000000392. The summed E-state index contributed by atoms with van der Waals surface area (Å²) >= 11 is 0.520. The Kier molecular flexibility index (Phi) is 9.98. The molecular weight excluding hydrogens is 572 g/mol. The molecule has 0 amide bonds. The predicted molar refractivity (Wildman–Crippen MR) is 140 cm³/mol. The third-order valence-electron chi connectivity index (χ3n) is 4.53. The number of halogens is 3. The van der Waals surface area contributed by atoms with Crippen molar-refractivity contribution < 1.29 is 26.1 Å². The van der Waals surface area contributed by atoms with E-state index in [9.17, 15) is 13.2 Å². The molecule has 0 radical (unpaired) electrons. The van der Waals surface area contributed by atoms with Gasteiger partial charge in [-0.1, -0.05) is 0 Å². The summed E-state index contributed by atoms with van der Waals surface area (Å²) in [4.78, 5) is 5.12. The molecular formula is C27H21F3O3S2Se. The summed E-state index contributed by atoms with van der Waals surface area (Å²) in [7, 11) is -6.09. The van der Waals surface area contributed by atoms with Crippen LogP contribution >= 0.6 is 11.8 Å². The number of alkyl halides is 3. The van der Waals surface area contributed by atoms with E-state index < -0.39 is 29.5 Å². The minimum absolute atomic E-state index is 1.27. The summed E-state index contributed by atoms with van der Waals surface area (Å²) in [5, 5.41) is 0. The van der Waals surface area contributed by atoms with Crippen molar-refractivity contribution in [1.82, 2.24) is 0 Å². The molecule has 36 heavy (non-hydrogen) atoms. The molecule has 0 heterocycles. The Bertz CT molecular complexity index is 1310. The van der Waals surface area contributed by atoms with Gasteiger partial charge in [-0.15, -0.1) is 0 Å². The Labute approximate surface area is 217 Å². The van der Waals surface area contributed by atoms with E-state index >= 15 is 0 Å². The molecule has 0 bridgehead atoms. The van der Waals surface area contributed by atoms with Gasteiger partial charge in [0.25, 0.3) is 0 Å². The van der Waals surface area contributed by atoms with Crippen LogP contribution in [-0.2, 0) is 10.1 Å². The van der Waals surface area contributed by atoms with Crippen LogP contribution in [0.4, 0.5) is 13.2 Å². The van der Waals surface area contributed by atoms with Crippen molar-refractivity contribution in [3.05, 3.63) is 132 Å². The molecule has 0 aliphatic heterocycles. The molecule has 3 nitrogen and oxygen atoms in total. The van der Waals surface area contributed by atoms with Crippen molar-refractivity contribution in [2.75, 3.05) is 0 Å². The first-order chi connectivity index (χ1) is 17.1. The molecule has 0 fully saturated rings. The van der Waals surface area contributed by atoms with Crippen LogP contribution in [0.5, 0.6) is 0 Å². The average Bonchev–Trinajstić information content (AvgIpc) is 2.88. The van der Waals surface area contributed by atoms with E-state index in [0.717, 1.165) is 0 Å². The molecule has 4 aromatic carbocycles. The van der Waals surface area contributed by atoms with Crippen molar-refractivity contribution >= 4 is 49.6 Å². The zero-order chi connectivity index (χ0) is 26.0. The van der Waals surface area contributed by atoms with Crippen LogP contribution in [0.1, 0.15) is 5.56 Å². The van der Waals surface area contributed by atoms with E-state index in [-0.39, 0.29) is 0 Å². The molecule has 4 aromatic rings. The maximum Gasteiger partial charge on any atom is 0.485 e. The predicted octanol–water partition coefficient (Wildman–Crippen LogP) is 5.72. The number of rotatable bonds is 6. The van der Waals surface area contributed by atoms with Gasteiger partial charge in [-0.3, -0.25) is 0 Å². The van der Waals surface area contributed by atoms with Crippen molar-refractivity contribution in [3.63, 3.8) is 0 Å². The summed E-state index contributed by atoms with van der Waals surface area (Å²) in [6.45, 7) is 0. The molecule has 0 aromatic heterocycles. The molecule has 0 atom stereocenters. The first-order valence-electron chi connectivity index (χ1n) is 10.5. The molecule has 0 aliphatic rings. The molecule has 0 saturated heterocycles. The zero-order valence-electron chi connectivity index (χ0n) is 18.7. The number of benzene rings is 4. The van der Waals surface area contributed by atoms with E-state index in [1.54, 1.807) is 0 Å². The van der Waals surface area contributed by atoms with E-state index in [1.807, 2.05) is 11.8 Å². The van der Waals surface area contributed by atoms with Crippen molar-refractivity contribution in [1.29, 1.82) is 0 Å². The van der Waals surface area contributed by atoms with E-state index in [2.05, 4.69) is 126 Å². The Morgan fingerprint density at radius 1 is 0.694 bits per heavy atom. The summed E-state index contributed by atoms with van der Waals surface area (Å²) < 4.78 is 61.8. The smallest absolute Gasteiger partial charge is 0.485 e. The molecule has 0 saturated carbocycles. The molecule has 186 valence electrons. The van der Waals surface area contributed by atoms with Crippen LogP contribution in [0.15, 0.2) is 131 Å². The van der Waals surface area contributed by atoms with Gasteiger partial charge in [-0.25, -0.2) is 8.42 Å². The second kappa shape index (κ2) is 12.9. The number of thioether (sulfide) groups is 1. The van der Waals surface area contributed by atoms with E-state index in [4.69, 9.17) is 13.0 Å². The third kappa shape index (κ3) is 8.40. The SMILES string of the molecule is C(=C(/Sc1ccccc1)c1ccccc1)/[Se+](c1ccccc1)c1ccccc1.O=S(=O)([O-])C(F)(F)F. The fourth-order valence-electron chi connectivity index (χ4n) is 2.88. The zero-order valence-corrected chi connectivity index (χ0v) is 22.1. The molecule has 0 aliphatic carbocycles. The summed E-state index contributed by atoms with van der Waals surface area (Å²) in [5.41, 5.74) is -4.37. The van der Waals surface area contributed by atoms with Gasteiger partial charge in [0, 0.05) is 0 Å². The molecule has 0 N–H and O–H groups in total. The maximum absolute atomic E-state index is 10.7. The van der Waals surface area contributed by atoms with Crippen molar-refractivity contribution in [2.45, 2.75) is 10.4 Å². The van der Waals surface area contributed by atoms with Gasteiger partial charge >= 0.3 is 182 Å². The van der Waals surface area contributed by atoms with Gasteiger partial charge in [0.2, 0.25) is 0 Å². The quantitative estimate of drug-likeness (QED) is 0.124. The number of hydrogen-bond donors (Lipinski definition) is 0. The minimum Gasteiger partial charge on any atom is -0.741 e. The van der Waals surface area contributed by atoms with Crippen LogP contribution in [0.2, 0.25) is 0 Å². The van der Waals surface area contributed by atoms with Crippen LogP contribution in [0.3, 0.4) is 0 Å². The Morgan fingerprint density at radius 2 is 1.06 bits per heavy atom. The second-order valence-corrected chi connectivity index (χ2v) is 13.5. The normalized spacial score (nSPS) is 12.1. The van der Waals surface area contributed by atoms with Crippen LogP contribution in [0, 0.1) is 0 Å². The largest absolute Gasteiger partial charge is 0.741 e. The van der Waals surface area contributed by atoms with Gasteiger partial charge < -0.3 is 4.55 Å². The van der Waals surface area contributed by atoms with Crippen molar-refractivity contribution in [3.8, 4) is 0 Å². The molecule has 0 unspecified atom stereocenters. The summed E-state index contributed by atoms with van der Waals surface area (Å²) in [6.07, 6.45) is 0. The molecule has 9 heteroatoms. The monoisotopic (exact) mass is 594 g/mol. The first-order valence-corrected chi connectivity index (χ1v) is 15.4. The fraction of sp³-hybridized carbons (Fsp3) is 0.0370. The van der Waals surface area contributed by atoms with E-state index in [1.165, 1.54) is 24.3 Å². The maximum atomic E-state index is 10.7. The topological polar surface area (TPSA) is 57.2 Å². The standard InChI is InChI=1S/C26H21SSe.CHF3O3S/c1-5-13-22(14-6-1)26(27-23-15-7-2-8-16-23)21-28(24-17-9-3-10-18-24)25-19-11-4-12-20-25;2-1(3,4)8(5,6)7/h1-21H;(H,5,6,7)/q+1;/p-1/b26-21-;. The van der Waals surface area contributed by atoms with Gasteiger partial charge in [-0.05, 0) is 0 Å². The molecule has 0 spiro atoms. The fourth-order valence-corrected chi connectivity index (χ4v) is 8.30. The Morgan fingerprint density at radius 3 is 1.44 bits per heavy atom. The van der Waals surface area contributed by atoms with Gasteiger partial charge in [0.05, 0.1) is 0 Å². The number of hydrogen-bond acceptors (Lipinski definition) is 4. The van der Waals surface area contributed by atoms with E-state index in [0.29, 0.717) is 0 Å². The summed E-state index contributed by atoms with van der Waals surface area (Å²) in [5.74, 6) is 0. The average molecular weight is 594 g/mol. The van der Waals surface area contributed by atoms with Gasteiger partial charge in [-0.2, -0.15) is 13.2 Å². The van der Waals surface area contributed by atoms with Crippen LogP contribution < -0.4 is 8.92 Å². The first kappa shape index (κ1) is 27.8. The van der Waals surface area contributed by atoms with Gasteiger partial charge in [0.1, 0.15) is 0 Å². The summed E-state index contributed by atoms with van der Waals surface area (Å²) in [6, 6.07) is 43.2. The third-order valence-corrected chi connectivity index (χ3v) is 10.8.